The molecule has 5 rings (SSSR count). The van der Waals surface area contributed by atoms with Crippen LogP contribution in [0.15, 0.2) is 36.0 Å². The lowest BCUT2D eigenvalue weighted by Gasteiger charge is -2.59. The molecule has 0 aromatic carbocycles. The number of ether oxygens (including phenoxy) is 4. The molecule has 686 valence electrons. The molecule has 4 fully saturated rings. The molecule has 122 heavy (non-hydrogen) atoms. The summed E-state index contributed by atoms with van der Waals surface area (Å²) in [4.78, 5) is 240. The van der Waals surface area contributed by atoms with E-state index in [1.54, 1.807) is 73.6 Å². The quantitative estimate of drug-likeness (QED) is 0.0286. The lowest BCUT2D eigenvalue weighted by atomic mass is 9.46. The van der Waals surface area contributed by atoms with Gasteiger partial charge in [-0.1, -0.05) is 135 Å². The number of esters is 2. The summed E-state index contributed by atoms with van der Waals surface area (Å²) >= 11 is 0. The molecule has 1 saturated heterocycles. The molecule has 33 heteroatoms. The number of amides is 11. The van der Waals surface area contributed by atoms with Gasteiger partial charge < -0.3 is 84.7 Å². The highest BCUT2D eigenvalue weighted by Crippen LogP contribution is 2.67. The number of aliphatic hydroxyl groups excluding tert-OH is 1. The average Bonchev–Trinajstić information content (AvgIpc) is 1.49. The molecule has 0 radical (unpaired) electrons. The zero-order chi connectivity index (χ0) is 92.6. The van der Waals surface area contributed by atoms with Gasteiger partial charge in [-0.25, -0.2) is 4.79 Å². The van der Waals surface area contributed by atoms with Crippen LogP contribution in [0.5, 0.6) is 0 Å². The maximum absolute atomic E-state index is 15.9. The molecule has 0 bridgehead atoms. The molecule has 4 aliphatic carbocycles. The number of hydrogen-bond donors (Lipinski definition) is 6. The summed E-state index contributed by atoms with van der Waals surface area (Å²) in [6, 6.07) is -13.7. The highest BCUT2D eigenvalue weighted by Gasteiger charge is 2.68. The fourth-order valence-electron chi connectivity index (χ4n) is 18.5. The van der Waals surface area contributed by atoms with Crippen molar-refractivity contribution < 1.29 is 106 Å². The molecule has 1 aliphatic heterocycles. The van der Waals surface area contributed by atoms with E-state index in [0.717, 1.165) is 25.2 Å². The zero-order valence-corrected chi connectivity index (χ0v) is 77.1. The molecule has 1 heterocycles. The lowest BCUT2D eigenvalue weighted by Crippen LogP contribution is -2.64. The predicted molar refractivity (Wildman–Crippen MR) is 453 cm³/mol. The van der Waals surface area contributed by atoms with Crippen LogP contribution in [0.3, 0.4) is 0 Å². The van der Waals surface area contributed by atoms with Crippen molar-refractivity contribution >= 4 is 94.6 Å². The first-order valence-corrected chi connectivity index (χ1v) is 43.4. The van der Waals surface area contributed by atoms with Gasteiger partial charge in [0, 0.05) is 66.1 Å². The van der Waals surface area contributed by atoms with Gasteiger partial charge in [0.15, 0.2) is 12.4 Å². The van der Waals surface area contributed by atoms with E-state index in [1.165, 1.54) is 84.0 Å². The summed E-state index contributed by atoms with van der Waals surface area (Å²) in [7, 11) is 9.45. The number of nitrogens with one attached hydrogen (secondary N) is 4. The minimum atomic E-state index is -1.97. The van der Waals surface area contributed by atoms with E-state index >= 15 is 19.2 Å². The maximum atomic E-state index is 15.9. The number of rotatable bonds is 24. The van der Waals surface area contributed by atoms with Crippen molar-refractivity contribution in [2.24, 2.45) is 70.0 Å². The van der Waals surface area contributed by atoms with Gasteiger partial charge in [0.1, 0.15) is 72.1 Å². The van der Waals surface area contributed by atoms with Gasteiger partial charge in [0.25, 0.3) is 0 Å². The van der Waals surface area contributed by atoms with Crippen molar-refractivity contribution in [3.63, 3.8) is 0 Å². The second kappa shape index (κ2) is 44.5. The Morgan fingerprint density at radius 2 is 1.08 bits per heavy atom. The Hall–Kier alpha value is -9.14. The van der Waals surface area contributed by atoms with Crippen LogP contribution in [0.2, 0.25) is 0 Å². The van der Waals surface area contributed by atoms with Crippen molar-refractivity contribution in [3.05, 3.63) is 36.0 Å². The van der Waals surface area contributed by atoms with Crippen molar-refractivity contribution in [1.29, 1.82) is 0 Å². The van der Waals surface area contributed by atoms with Crippen LogP contribution in [-0.2, 0) is 90.9 Å². The highest BCUT2D eigenvalue weighted by atomic mass is 16.8. The topological polar surface area (TPSA) is 421 Å². The molecular formula is C89H143N11O22. The summed E-state index contributed by atoms with van der Waals surface area (Å²) in [5.41, 5.74) is -2.69. The third-order valence-electron chi connectivity index (χ3n) is 25.7. The Labute approximate surface area is 721 Å². The van der Waals surface area contributed by atoms with Gasteiger partial charge >= 0.3 is 18.1 Å². The second-order valence-corrected chi connectivity index (χ2v) is 37.4. The molecule has 6 N–H and O–H groups in total. The standard InChI is InChI=1S/C89H143N11O22/c1-27-29-30-54(15)75(122-86(117)121-47-120-70(106)34-33-69(105)119-46-67(103)89(118)38-36-60-59-32-31-57-43-58(101)35-37-87(57,18)71(59)66(102)44-88(60,89)19)74-79(110)92-61(28-2)81(112)94(20)45-68(104)95(21)62(39-48(3)4)78(109)93-72(52(11)12)84(115)96(22)63(40-49(5)6)77(108)90-55(16)76(107)91-56(17)80(111)97(23)64(41-50(7)8)82(113)98(24)65(42-51(9)10)83(114)99(25)73(53(13)14)85(116)100(74)26/h27,29,35,37,43,48-56,59-66,71-75,102,118H,28,30-34,36,38-42,44-47H2,1-26H3,(H,90,108)(H,91,107)(H,92,110)(H,93,109)/b29-27+/t54-,55?,56?,59?,60?,61?,62+,63?,64?,65?,66+,71?,72?,73?,74?,75-,87+,88+,89+/m1/s1. The van der Waals surface area contributed by atoms with Crippen LogP contribution in [0.25, 0.3) is 0 Å². The highest BCUT2D eigenvalue weighted by molar-refractivity contribution is 6.02. The minimum absolute atomic E-state index is 0.0279. The normalized spacial score (nSPS) is 30.4. The third kappa shape index (κ3) is 24.9. The smallest absolute Gasteiger partial charge is 0.458 e. The summed E-state index contributed by atoms with van der Waals surface area (Å²) in [5, 5.41) is 35.0. The van der Waals surface area contributed by atoms with Crippen molar-refractivity contribution in [2.75, 3.05) is 69.3 Å². The molecular weight excluding hydrogens is 1580 g/mol. The van der Waals surface area contributed by atoms with E-state index in [1.807, 2.05) is 68.4 Å². The van der Waals surface area contributed by atoms with Crippen molar-refractivity contribution in [2.45, 2.75) is 293 Å². The van der Waals surface area contributed by atoms with E-state index in [-0.39, 0.29) is 98.6 Å². The van der Waals surface area contributed by atoms with Crippen LogP contribution in [0.4, 0.5) is 4.79 Å². The average molecular weight is 1720 g/mol. The van der Waals surface area contributed by atoms with Crippen LogP contribution < -0.4 is 21.3 Å². The molecule has 3 saturated carbocycles. The van der Waals surface area contributed by atoms with Crippen LogP contribution in [0.1, 0.15) is 215 Å². The number of carbonyl (C=O) groups is 16. The Bertz CT molecular complexity index is 3890. The van der Waals surface area contributed by atoms with Gasteiger partial charge in [-0.15, -0.1) is 0 Å². The molecule has 19 atom stereocenters. The van der Waals surface area contributed by atoms with E-state index in [2.05, 4.69) is 21.3 Å². The van der Waals surface area contributed by atoms with Crippen LogP contribution >= 0.6 is 0 Å². The fourth-order valence-corrected chi connectivity index (χ4v) is 18.5. The van der Waals surface area contributed by atoms with E-state index < -0.39 is 228 Å². The number of ketones is 2. The van der Waals surface area contributed by atoms with E-state index in [9.17, 15) is 67.7 Å². The number of likely N-dealkylation sites (N-methyl/N-ethyl adjacent to an activating group) is 7. The number of fused-ring (bicyclic) bond motifs is 5. The zero-order valence-electron chi connectivity index (χ0n) is 77.1. The fraction of sp³-hybridized carbons (Fsp3) is 0.753. The largest absolute Gasteiger partial charge is 0.511 e. The molecule has 0 aromatic heterocycles. The SMILES string of the molecule is C/C=C/C[C@@H](C)[C@@H](OC(=O)OCOC(=O)CCC(=O)OCC(=O)[C@@]1(O)CCC2C3CCC4=CC(=O)C=C[C@]4(C)C3[C@@H](O)C[C@@]21C)C1C(=O)NC(CC)C(=O)N(C)CC(=O)N(C)[C@@H](CC(C)C)C(=O)NC(C(C)C)C(=O)N(C)C(CC(C)C)C(=O)NC(C)C(=O)NC(C)C(=O)N(C)C(CC(C)C)C(=O)N(C)C(CC(C)C)C(=O)N(C)C(C(C)C)C(=O)N1C. The van der Waals surface area contributed by atoms with Gasteiger partial charge in [-0.05, 0) is 157 Å². The number of hydrogen-bond acceptors (Lipinski definition) is 22. The minimum Gasteiger partial charge on any atom is -0.458 e. The van der Waals surface area contributed by atoms with Crippen molar-refractivity contribution in [3.8, 4) is 0 Å². The summed E-state index contributed by atoms with van der Waals surface area (Å²) < 4.78 is 21.9. The molecule has 12 unspecified atom stereocenters. The monoisotopic (exact) mass is 1720 g/mol. The molecule has 33 nitrogen and oxygen atoms in total. The Kier molecular flexibility index (Phi) is 37.7. The summed E-state index contributed by atoms with van der Waals surface area (Å²) in [5.74, 6) is -15.3. The third-order valence-corrected chi connectivity index (χ3v) is 25.7. The number of nitrogens with zero attached hydrogens (tertiary/aromatic N) is 7. The lowest BCUT2D eigenvalue weighted by molar-refractivity contribution is -0.181. The first-order valence-electron chi connectivity index (χ1n) is 43.4. The number of carbonyl (C=O) groups excluding carboxylic acids is 16. The van der Waals surface area contributed by atoms with Gasteiger partial charge in [0.05, 0.1) is 25.5 Å². The first kappa shape index (κ1) is 103. The number of aliphatic hydroxyl groups is 2. The molecule has 11 amide bonds. The summed E-state index contributed by atoms with van der Waals surface area (Å²) in [6.07, 6.45) is 4.98. The first-order chi connectivity index (χ1) is 56.7. The van der Waals surface area contributed by atoms with E-state index in [0.29, 0.717) is 19.3 Å². The molecule has 5 aliphatic rings. The Morgan fingerprint density at radius 1 is 0.574 bits per heavy atom. The molecule has 0 spiro atoms. The van der Waals surface area contributed by atoms with Gasteiger partial charge in [0.2, 0.25) is 77.6 Å². The Morgan fingerprint density at radius 3 is 1.62 bits per heavy atom. The Balaban J connectivity index is 1.51. The van der Waals surface area contributed by atoms with Gasteiger partial charge in [-0.2, -0.15) is 0 Å². The number of Topliss-reactive ketones (excluding diaryl/α,β-unsaturated/α-hetero) is 1. The van der Waals surface area contributed by atoms with Crippen molar-refractivity contribution in [1.82, 2.24) is 55.6 Å². The molecule has 0 aromatic rings. The number of allylic oxidation sites excluding steroid dienone is 6. The predicted octanol–water partition coefficient (Wildman–Crippen LogP) is 5.83. The van der Waals surface area contributed by atoms with Gasteiger partial charge in [-0.3, -0.25) is 71.9 Å². The van der Waals surface area contributed by atoms with E-state index in [4.69, 9.17) is 18.9 Å². The van der Waals surface area contributed by atoms with Crippen LogP contribution in [0, 0.1) is 70.0 Å². The van der Waals surface area contributed by atoms with Crippen LogP contribution in [-0.4, -0.2) is 287 Å². The summed E-state index contributed by atoms with van der Waals surface area (Å²) in [6.45, 7) is 30.1. The maximum Gasteiger partial charge on any atom is 0.511 e. The second-order valence-electron chi connectivity index (χ2n) is 37.4.